The number of carbonyl (C=O) groups excluding carboxylic acids is 1. The Balaban J connectivity index is 2.16. The quantitative estimate of drug-likeness (QED) is 0.856. The molecule has 1 amide bonds. The summed E-state index contributed by atoms with van der Waals surface area (Å²) in [4.78, 5) is 14.3. The van der Waals surface area contributed by atoms with Crippen LogP contribution in [0.2, 0.25) is 0 Å². The highest BCUT2D eigenvalue weighted by atomic mass is 79.9. The Morgan fingerprint density at radius 2 is 2.18 bits per heavy atom. The molecule has 2 heterocycles. The zero-order valence-corrected chi connectivity index (χ0v) is 12.4. The minimum Gasteiger partial charge on any atom is -0.342 e. The number of aryl methyl sites for hydroxylation is 1. The van der Waals surface area contributed by atoms with Gasteiger partial charge in [-0.25, -0.2) is 0 Å². The Morgan fingerprint density at radius 3 is 2.82 bits per heavy atom. The number of hydrogen-bond acceptors (Lipinski definition) is 2. The average Bonchev–Trinajstić information content (AvgIpc) is 2.71. The molecule has 17 heavy (non-hydrogen) atoms. The molecule has 0 spiro atoms. The topological polar surface area (TPSA) is 25.2 Å². The summed E-state index contributed by atoms with van der Waals surface area (Å²) in [6, 6.07) is 1.93. The van der Waals surface area contributed by atoms with E-state index >= 15 is 0 Å². The fourth-order valence-electron chi connectivity index (χ4n) is 2.01. The lowest BCUT2D eigenvalue weighted by molar-refractivity contribution is 0.0761. The van der Waals surface area contributed by atoms with Crippen LogP contribution in [0, 0.1) is 0 Å². The largest absolute Gasteiger partial charge is 0.342 e. The highest BCUT2D eigenvalue weighted by Gasteiger charge is 2.21. The first-order valence-electron chi connectivity index (χ1n) is 5.95. The Hall–Kier alpha value is -0.420. The Labute approximate surface area is 115 Å². The van der Waals surface area contributed by atoms with Gasteiger partial charge in [0.1, 0.15) is 5.69 Å². The van der Waals surface area contributed by atoms with Crippen molar-refractivity contribution in [2.24, 2.45) is 0 Å². The smallest absolute Gasteiger partial charge is 0.270 e. The maximum atomic E-state index is 12.4. The highest BCUT2D eigenvalue weighted by molar-refractivity contribution is 9.10. The minimum absolute atomic E-state index is 0.171. The molecule has 1 fully saturated rings. The molecular weight excluding hydrogens is 300 g/mol. The number of hydrogen-bond donors (Lipinski definition) is 0. The van der Waals surface area contributed by atoms with E-state index in [0.29, 0.717) is 0 Å². The van der Waals surface area contributed by atoms with Gasteiger partial charge in [0.25, 0.3) is 5.91 Å². The van der Waals surface area contributed by atoms with E-state index in [0.717, 1.165) is 47.7 Å². The predicted molar refractivity (Wildman–Crippen MR) is 75.7 cm³/mol. The number of nitrogens with zero attached hydrogens (tertiary/aromatic N) is 2. The zero-order valence-electron chi connectivity index (χ0n) is 9.99. The van der Waals surface area contributed by atoms with Gasteiger partial charge < -0.3 is 9.47 Å². The van der Waals surface area contributed by atoms with E-state index in [1.165, 1.54) is 0 Å². The molecule has 5 heteroatoms. The molecular formula is C12H17BrN2OS. The third-order valence-corrected chi connectivity index (χ3v) is 4.22. The van der Waals surface area contributed by atoms with Gasteiger partial charge in [0.2, 0.25) is 0 Å². The Bertz CT molecular complexity index is 399. The van der Waals surface area contributed by atoms with E-state index in [1.807, 2.05) is 33.5 Å². The molecule has 2 rings (SSSR count). The summed E-state index contributed by atoms with van der Waals surface area (Å²) in [5, 5.41) is 0. The van der Waals surface area contributed by atoms with Crippen LogP contribution in [0.3, 0.4) is 0 Å². The lowest BCUT2D eigenvalue weighted by atomic mass is 10.3. The molecule has 1 aliphatic rings. The average molecular weight is 317 g/mol. The van der Waals surface area contributed by atoms with E-state index in [1.54, 1.807) is 0 Å². The maximum Gasteiger partial charge on any atom is 0.270 e. The van der Waals surface area contributed by atoms with Crippen LogP contribution in [0.4, 0.5) is 0 Å². The molecule has 1 saturated heterocycles. The van der Waals surface area contributed by atoms with Crippen molar-refractivity contribution >= 4 is 33.6 Å². The second kappa shape index (κ2) is 5.96. The normalized spacial score (nSPS) is 16.2. The van der Waals surface area contributed by atoms with Gasteiger partial charge in [0.15, 0.2) is 0 Å². The van der Waals surface area contributed by atoms with Gasteiger partial charge in [0.05, 0.1) is 0 Å². The van der Waals surface area contributed by atoms with E-state index in [2.05, 4.69) is 22.9 Å². The molecule has 1 aliphatic heterocycles. The molecule has 0 saturated carbocycles. The SMILES string of the molecule is CCCn1cc(Br)cc1C(=O)N1CCSCC1. The summed E-state index contributed by atoms with van der Waals surface area (Å²) >= 11 is 5.37. The molecule has 0 aromatic carbocycles. The molecule has 3 nitrogen and oxygen atoms in total. The van der Waals surface area contributed by atoms with Gasteiger partial charge in [-0.1, -0.05) is 6.92 Å². The van der Waals surface area contributed by atoms with Gasteiger partial charge in [-0.15, -0.1) is 0 Å². The fourth-order valence-corrected chi connectivity index (χ4v) is 3.38. The Kier molecular flexibility index (Phi) is 4.56. The van der Waals surface area contributed by atoms with Crippen molar-refractivity contribution < 1.29 is 4.79 Å². The van der Waals surface area contributed by atoms with E-state index in [4.69, 9.17) is 0 Å². The summed E-state index contributed by atoms with van der Waals surface area (Å²) in [5.41, 5.74) is 0.811. The highest BCUT2D eigenvalue weighted by Crippen LogP contribution is 2.19. The number of halogens is 1. The molecule has 0 unspecified atom stereocenters. The summed E-state index contributed by atoms with van der Waals surface area (Å²) in [6.45, 7) is 4.77. The Morgan fingerprint density at radius 1 is 1.47 bits per heavy atom. The summed E-state index contributed by atoms with van der Waals surface area (Å²) < 4.78 is 3.04. The molecule has 1 aromatic rings. The van der Waals surface area contributed by atoms with Crippen LogP contribution in [0.25, 0.3) is 0 Å². The first-order chi connectivity index (χ1) is 8.22. The van der Waals surface area contributed by atoms with E-state index < -0.39 is 0 Å². The molecule has 0 radical (unpaired) electrons. The van der Waals surface area contributed by atoms with Crippen LogP contribution in [-0.2, 0) is 6.54 Å². The van der Waals surface area contributed by atoms with Crippen molar-refractivity contribution in [2.45, 2.75) is 19.9 Å². The molecule has 0 bridgehead atoms. The lowest BCUT2D eigenvalue weighted by Crippen LogP contribution is -2.38. The number of carbonyl (C=O) groups is 1. The van der Waals surface area contributed by atoms with Crippen LogP contribution in [0.15, 0.2) is 16.7 Å². The van der Waals surface area contributed by atoms with Gasteiger partial charge >= 0.3 is 0 Å². The number of rotatable bonds is 3. The van der Waals surface area contributed by atoms with Gasteiger partial charge in [-0.05, 0) is 28.4 Å². The van der Waals surface area contributed by atoms with E-state index in [-0.39, 0.29) is 5.91 Å². The van der Waals surface area contributed by atoms with Crippen molar-refractivity contribution in [1.82, 2.24) is 9.47 Å². The predicted octanol–water partition coefficient (Wildman–Crippen LogP) is 2.85. The number of amides is 1. The number of thioether (sulfide) groups is 1. The van der Waals surface area contributed by atoms with Crippen molar-refractivity contribution in [3.05, 3.63) is 22.4 Å². The second-order valence-electron chi connectivity index (χ2n) is 4.14. The van der Waals surface area contributed by atoms with Crippen LogP contribution in [-0.4, -0.2) is 40.0 Å². The standard InChI is InChI=1S/C12H17BrN2OS/c1-2-3-15-9-10(13)8-11(15)12(16)14-4-6-17-7-5-14/h8-9H,2-7H2,1H3. The van der Waals surface area contributed by atoms with Crippen LogP contribution in [0.5, 0.6) is 0 Å². The first kappa shape index (κ1) is 13.0. The van der Waals surface area contributed by atoms with Crippen molar-refractivity contribution in [1.29, 1.82) is 0 Å². The molecule has 0 atom stereocenters. The zero-order chi connectivity index (χ0) is 12.3. The van der Waals surface area contributed by atoms with E-state index in [9.17, 15) is 4.79 Å². The second-order valence-corrected chi connectivity index (χ2v) is 6.28. The van der Waals surface area contributed by atoms with Crippen molar-refractivity contribution in [2.75, 3.05) is 24.6 Å². The molecule has 94 valence electrons. The summed E-state index contributed by atoms with van der Waals surface area (Å²) in [7, 11) is 0. The first-order valence-corrected chi connectivity index (χ1v) is 7.90. The minimum atomic E-state index is 0.171. The van der Waals surface area contributed by atoms with Gasteiger partial charge in [-0.3, -0.25) is 4.79 Å². The third-order valence-electron chi connectivity index (χ3n) is 2.85. The summed E-state index contributed by atoms with van der Waals surface area (Å²) in [5.74, 6) is 2.28. The molecule has 0 N–H and O–H groups in total. The molecule has 1 aromatic heterocycles. The van der Waals surface area contributed by atoms with Crippen molar-refractivity contribution in [3.8, 4) is 0 Å². The van der Waals surface area contributed by atoms with Gasteiger partial charge in [0, 0.05) is 41.8 Å². The van der Waals surface area contributed by atoms with Gasteiger partial charge in [-0.2, -0.15) is 11.8 Å². The van der Waals surface area contributed by atoms with Crippen LogP contribution in [0.1, 0.15) is 23.8 Å². The van der Waals surface area contributed by atoms with Crippen LogP contribution < -0.4 is 0 Å². The monoisotopic (exact) mass is 316 g/mol. The third kappa shape index (κ3) is 3.07. The fraction of sp³-hybridized carbons (Fsp3) is 0.583. The number of aromatic nitrogens is 1. The lowest BCUT2D eigenvalue weighted by Gasteiger charge is -2.26. The maximum absolute atomic E-state index is 12.4. The van der Waals surface area contributed by atoms with Crippen LogP contribution >= 0.6 is 27.7 Å². The summed E-state index contributed by atoms with van der Waals surface area (Å²) in [6.07, 6.45) is 3.03. The molecule has 0 aliphatic carbocycles. The van der Waals surface area contributed by atoms with Crippen molar-refractivity contribution in [3.63, 3.8) is 0 Å².